The van der Waals surface area contributed by atoms with Crippen LogP contribution in [-0.2, 0) is 4.79 Å². The number of carbonyl (C=O) groups excluding carboxylic acids is 1. The average molecular weight is 592 g/mol. The van der Waals surface area contributed by atoms with Gasteiger partial charge in [-0.05, 0) is 61.0 Å². The summed E-state index contributed by atoms with van der Waals surface area (Å²) in [5.74, 6) is 0.288. The number of para-hydroxylation sites is 1. The van der Waals surface area contributed by atoms with Crippen LogP contribution in [0.5, 0.6) is 5.75 Å². The Morgan fingerprint density at radius 3 is 2.53 bits per heavy atom. The Kier molecular flexibility index (Phi) is 7.31. The number of thiazole rings is 1. The molecule has 1 aliphatic heterocycles. The Labute approximate surface area is 249 Å². The van der Waals surface area contributed by atoms with Crippen molar-refractivity contribution in [2.75, 3.05) is 12.4 Å². The Balaban J connectivity index is 1.48. The smallest absolute Gasteiger partial charge is 0.271 e. The first-order valence-electron chi connectivity index (χ1n) is 13.3. The van der Waals surface area contributed by atoms with Crippen LogP contribution >= 0.6 is 11.3 Å². The van der Waals surface area contributed by atoms with Gasteiger partial charge in [-0.2, -0.15) is 0 Å². The van der Waals surface area contributed by atoms with Gasteiger partial charge in [-0.25, -0.2) is 4.99 Å². The number of hydrogen-bond donors (Lipinski definition) is 1. The van der Waals surface area contributed by atoms with Crippen molar-refractivity contribution >= 4 is 34.7 Å². The molecule has 0 saturated carbocycles. The SMILES string of the molecule is COc1ccc([C@@H]2C(C(=O)Nc3ccccc3)=C(C)N=c3s/c(=C/c4cccn4-c4cccc([N+](=O)[O-])c4)c(=O)n32)cc1. The number of anilines is 1. The normalized spacial score (nSPS) is 14.7. The molecule has 6 rings (SSSR count). The largest absolute Gasteiger partial charge is 0.497 e. The predicted octanol–water partition coefficient (Wildman–Crippen LogP) is 4.58. The van der Waals surface area contributed by atoms with Gasteiger partial charge in [-0.3, -0.25) is 24.3 Å². The highest BCUT2D eigenvalue weighted by molar-refractivity contribution is 7.07. The quantitative estimate of drug-likeness (QED) is 0.219. The lowest BCUT2D eigenvalue weighted by atomic mass is 9.95. The zero-order valence-electron chi connectivity index (χ0n) is 23.1. The highest BCUT2D eigenvalue weighted by Gasteiger charge is 2.32. The number of aromatic nitrogens is 2. The number of methoxy groups -OCH3 is 1. The Bertz CT molecular complexity index is 2070. The molecule has 3 aromatic carbocycles. The first-order chi connectivity index (χ1) is 20.8. The van der Waals surface area contributed by atoms with Crippen LogP contribution in [0.4, 0.5) is 11.4 Å². The predicted molar refractivity (Wildman–Crippen MR) is 164 cm³/mol. The molecular formula is C32H25N5O5S. The summed E-state index contributed by atoms with van der Waals surface area (Å²) < 4.78 is 9.06. The minimum absolute atomic E-state index is 0.0344. The van der Waals surface area contributed by atoms with E-state index in [-0.39, 0.29) is 17.2 Å². The third-order valence-electron chi connectivity index (χ3n) is 7.11. The summed E-state index contributed by atoms with van der Waals surface area (Å²) in [7, 11) is 1.57. The molecule has 0 radical (unpaired) electrons. The molecule has 5 aromatic rings. The first-order valence-corrected chi connectivity index (χ1v) is 14.1. The number of rotatable bonds is 7. The minimum atomic E-state index is -0.739. The number of allylic oxidation sites excluding steroid dienone is 1. The standard InChI is InChI=1S/C32H25N5O5S/c1-20-28(30(38)34-22-8-4-3-5-9-22)29(21-13-15-26(42-2)16-14-21)36-31(39)27(43-32(36)33-20)19-24-12-7-17-35(24)23-10-6-11-25(18-23)37(40)41/h3-19,29H,1-2H3,(H,34,38)/b27-19+/t29-/m1/s1. The van der Waals surface area contributed by atoms with E-state index in [9.17, 15) is 19.7 Å². The first kappa shape index (κ1) is 27.6. The van der Waals surface area contributed by atoms with Crippen molar-refractivity contribution in [1.29, 1.82) is 0 Å². The number of ether oxygens (including phenoxy) is 1. The van der Waals surface area contributed by atoms with Crippen LogP contribution in [0.3, 0.4) is 0 Å². The maximum atomic E-state index is 14.1. The van der Waals surface area contributed by atoms with Gasteiger partial charge in [0.15, 0.2) is 4.80 Å². The zero-order chi connectivity index (χ0) is 30.1. The summed E-state index contributed by atoms with van der Waals surface area (Å²) in [6.45, 7) is 1.76. The fourth-order valence-electron chi connectivity index (χ4n) is 5.07. The molecule has 10 nitrogen and oxygen atoms in total. The van der Waals surface area contributed by atoms with Crippen LogP contribution in [0.15, 0.2) is 118 Å². The lowest BCUT2D eigenvalue weighted by molar-refractivity contribution is -0.384. The average Bonchev–Trinajstić information content (AvgIpc) is 3.60. The van der Waals surface area contributed by atoms with Gasteiger partial charge in [-0.15, -0.1) is 0 Å². The summed E-state index contributed by atoms with van der Waals surface area (Å²) in [5, 5.41) is 14.3. The monoisotopic (exact) mass is 591 g/mol. The van der Waals surface area contributed by atoms with E-state index in [0.29, 0.717) is 43.4 Å². The van der Waals surface area contributed by atoms with Crippen molar-refractivity contribution in [3.05, 3.63) is 150 Å². The molecule has 1 atom stereocenters. The van der Waals surface area contributed by atoms with E-state index in [0.717, 1.165) is 5.56 Å². The number of hydrogen-bond acceptors (Lipinski definition) is 7. The topological polar surface area (TPSA) is 121 Å². The number of non-ortho nitro benzene ring substituents is 1. The third kappa shape index (κ3) is 5.29. The molecule has 1 amide bonds. The van der Waals surface area contributed by atoms with Gasteiger partial charge in [0.25, 0.3) is 17.2 Å². The Morgan fingerprint density at radius 1 is 1.05 bits per heavy atom. The lowest BCUT2D eigenvalue weighted by Crippen LogP contribution is -2.40. The van der Waals surface area contributed by atoms with Crippen molar-refractivity contribution < 1.29 is 14.5 Å². The van der Waals surface area contributed by atoms with Crippen molar-refractivity contribution in [2.24, 2.45) is 4.99 Å². The van der Waals surface area contributed by atoms with Gasteiger partial charge in [0.05, 0.1) is 39.6 Å². The molecular weight excluding hydrogens is 566 g/mol. The number of fused-ring (bicyclic) bond motifs is 1. The van der Waals surface area contributed by atoms with Crippen LogP contribution in [0.25, 0.3) is 11.8 Å². The molecule has 2 aromatic heterocycles. The van der Waals surface area contributed by atoms with Gasteiger partial charge in [0.1, 0.15) is 5.75 Å². The molecule has 0 bridgehead atoms. The Morgan fingerprint density at radius 2 is 1.81 bits per heavy atom. The van der Waals surface area contributed by atoms with Crippen LogP contribution < -0.4 is 24.9 Å². The number of nitro groups is 1. The van der Waals surface area contributed by atoms with E-state index < -0.39 is 11.0 Å². The van der Waals surface area contributed by atoms with E-state index >= 15 is 0 Å². The fraction of sp³-hybridized carbons (Fsp3) is 0.0938. The summed E-state index contributed by atoms with van der Waals surface area (Å²) in [4.78, 5) is 43.8. The van der Waals surface area contributed by atoms with Crippen LogP contribution in [0.1, 0.15) is 24.2 Å². The van der Waals surface area contributed by atoms with Crippen molar-refractivity contribution in [1.82, 2.24) is 9.13 Å². The van der Waals surface area contributed by atoms with Gasteiger partial charge in [-0.1, -0.05) is 47.7 Å². The number of benzene rings is 3. The molecule has 0 saturated heterocycles. The second kappa shape index (κ2) is 11.4. The van der Waals surface area contributed by atoms with Gasteiger partial charge < -0.3 is 14.6 Å². The van der Waals surface area contributed by atoms with Gasteiger partial charge in [0, 0.05) is 29.7 Å². The lowest BCUT2D eigenvalue weighted by Gasteiger charge is -2.25. The van der Waals surface area contributed by atoms with Crippen LogP contribution in [-0.4, -0.2) is 27.1 Å². The number of nitro benzene ring substituents is 1. The maximum absolute atomic E-state index is 14.1. The molecule has 0 aliphatic carbocycles. The molecule has 0 unspecified atom stereocenters. The Hall–Kier alpha value is -5.55. The van der Waals surface area contributed by atoms with Crippen LogP contribution in [0, 0.1) is 10.1 Å². The van der Waals surface area contributed by atoms with E-state index in [1.165, 1.54) is 23.5 Å². The highest BCUT2D eigenvalue weighted by atomic mass is 32.1. The third-order valence-corrected chi connectivity index (χ3v) is 8.09. The van der Waals surface area contributed by atoms with Crippen molar-refractivity contribution in [3.63, 3.8) is 0 Å². The summed E-state index contributed by atoms with van der Waals surface area (Å²) >= 11 is 1.22. The highest BCUT2D eigenvalue weighted by Crippen LogP contribution is 2.32. The van der Waals surface area contributed by atoms with Crippen LogP contribution in [0.2, 0.25) is 0 Å². The second-order valence-corrected chi connectivity index (χ2v) is 10.8. The van der Waals surface area contributed by atoms with Gasteiger partial charge in [0.2, 0.25) is 0 Å². The number of amides is 1. The van der Waals surface area contributed by atoms with E-state index in [4.69, 9.17) is 9.73 Å². The minimum Gasteiger partial charge on any atom is -0.497 e. The van der Waals surface area contributed by atoms with Crippen molar-refractivity contribution in [3.8, 4) is 11.4 Å². The van der Waals surface area contributed by atoms with E-state index in [1.54, 1.807) is 77.9 Å². The van der Waals surface area contributed by atoms with E-state index in [2.05, 4.69) is 5.32 Å². The molecule has 11 heteroatoms. The number of nitrogens with zero attached hydrogens (tertiary/aromatic N) is 4. The molecule has 1 aliphatic rings. The zero-order valence-corrected chi connectivity index (χ0v) is 23.9. The molecule has 0 spiro atoms. The van der Waals surface area contributed by atoms with Crippen molar-refractivity contribution in [2.45, 2.75) is 13.0 Å². The summed E-state index contributed by atoms with van der Waals surface area (Å²) in [6.07, 6.45) is 3.51. The fourth-order valence-corrected chi connectivity index (χ4v) is 6.10. The molecule has 1 N–H and O–H groups in total. The number of nitrogens with one attached hydrogen (secondary N) is 1. The molecule has 43 heavy (non-hydrogen) atoms. The maximum Gasteiger partial charge on any atom is 0.271 e. The van der Waals surface area contributed by atoms with Gasteiger partial charge >= 0.3 is 0 Å². The number of carbonyl (C=O) groups is 1. The molecule has 214 valence electrons. The second-order valence-electron chi connectivity index (χ2n) is 9.76. The summed E-state index contributed by atoms with van der Waals surface area (Å²) in [6, 6.07) is 25.5. The molecule has 3 heterocycles. The summed E-state index contributed by atoms with van der Waals surface area (Å²) in [5.41, 5.74) is 3.10. The molecule has 0 fully saturated rings. The van der Waals surface area contributed by atoms with E-state index in [1.807, 2.05) is 36.4 Å².